The fourth-order valence-electron chi connectivity index (χ4n) is 2.81. The molecule has 1 saturated heterocycles. The average molecular weight is 524 g/mol. The molecule has 0 bridgehead atoms. The third kappa shape index (κ3) is 6.07. The van der Waals surface area contributed by atoms with E-state index in [0.717, 1.165) is 37.3 Å². The predicted octanol–water partition coefficient (Wildman–Crippen LogP) is 3.95. The minimum atomic E-state index is -3.51. The van der Waals surface area contributed by atoms with Gasteiger partial charge in [-0.25, -0.2) is 8.42 Å². The van der Waals surface area contributed by atoms with Gasteiger partial charge in [-0.3, -0.25) is 14.5 Å². The number of sulfonamides is 1. The van der Waals surface area contributed by atoms with Crippen LogP contribution in [0.3, 0.4) is 0 Å². The number of furan rings is 1. The minimum absolute atomic E-state index is 0.0284. The van der Waals surface area contributed by atoms with E-state index in [0.29, 0.717) is 11.5 Å². The van der Waals surface area contributed by atoms with Gasteiger partial charge < -0.3 is 4.42 Å². The first-order valence-electron chi connectivity index (χ1n) is 9.08. The zero-order valence-electron chi connectivity index (χ0n) is 16.4. The third-order valence-corrected chi connectivity index (χ3v) is 7.04. The molecular weight excluding hydrogens is 506 g/mol. The summed E-state index contributed by atoms with van der Waals surface area (Å²) in [5, 5.41) is 8.34. The Balaban J connectivity index is 1.72. The SMILES string of the molecule is CS(=O)(=O)N(CCC#N)Cc1ccc(/C=C2\SC(=O)N(Cc3ccc(Br)cc3)C2=O)o1. The summed E-state index contributed by atoms with van der Waals surface area (Å²) < 4.78 is 31.4. The summed E-state index contributed by atoms with van der Waals surface area (Å²) in [4.78, 5) is 26.4. The largest absolute Gasteiger partial charge is 0.460 e. The molecule has 11 heteroatoms. The lowest BCUT2D eigenvalue weighted by Crippen LogP contribution is -2.30. The monoisotopic (exact) mass is 523 g/mol. The molecule has 0 saturated carbocycles. The van der Waals surface area contributed by atoms with Crippen molar-refractivity contribution in [2.45, 2.75) is 19.5 Å². The molecule has 0 N–H and O–H groups in total. The highest BCUT2D eigenvalue weighted by Gasteiger charge is 2.35. The molecule has 31 heavy (non-hydrogen) atoms. The van der Waals surface area contributed by atoms with Gasteiger partial charge in [0.25, 0.3) is 11.1 Å². The lowest BCUT2D eigenvalue weighted by molar-refractivity contribution is -0.123. The van der Waals surface area contributed by atoms with Crippen LogP contribution in [0.15, 0.2) is 50.2 Å². The van der Waals surface area contributed by atoms with Crippen LogP contribution in [0.2, 0.25) is 0 Å². The predicted molar refractivity (Wildman–Crippen MR) is 120 cm³/mol. The van der Waals surface area contributed by atoms with Gasteiger partial charge in [0.1, 0.15) is 11.5 Å². The van der Waals surface area contributed by atoms with Crippen LogP contribution in [0.25, 0.3) is 6.08 Å². The van der Waals surface area contributed by atoms with Gasteiger partial charge in [0.2, 0.25) is 10.0 Å². The maximum absolute atomic E-state index is 12.7. The Bertz CT molecular complexity index is 1170. The van der Waals surface area contributed by atoms with Crippen molar-refractivity contribution in [1.82, 2.24) is 9.21 Å². The minimum Gasteiger partial charge on any atom is -0.460 e. The number of thioether (sulfide) groups is 1. The molecule has 0 radical (unpaired) electrons. The molecule has 0 aliphatic carbocycles. The lowest BCUT2D eigenvalue weighted by Gasteiger charge is -2.16. The number of hydrogen-bond acceptors (Lipinski definition) is 7. The Kier molecular flexibility index (Phi) is 7.38. The van der Waals surface area contributed by atoms with Gasteiger partial charge in [-0.05, 0) is 41.6 Å². The molecule has 0 spiro atoms. The van der Waals surface area contributed by atoms with E-state index in [1.54, 1.807) is 12.1 Å². The fraction of sp³-hybridized carbons (Fsp3) is 0.250. The molecular formula is C20H18BrN3O5S2. The number of carbonyl (C=O) groups excluding carboxylic acids is 2. The van der Waals surface area contributed by atoms with Crippen LogP contribution in [0.1, 0.15) is 23.5 Å². The highest BCUT2D eigenvalue weighted by atomic mass is 79.9. The van der Waals surface area contributed by atoms with Crippen LogP contribution in [0.5, 0.6) is 0 Å². The summed E-state index contributed by atoms with van der Waals surface area (Å²) in [5.74, 6) is 0.282. The van der Waals surface area contributed by atoms with Crippen molar-refractivity contribution in [1.29, 1.82) is 5.26 Å². The molecule has 1 aliphatic rings. The molecule has 8 nitrogen and oxygen atoms in total. The van der Waals surface area contributed by atoms with Crippen LogP contribution in [0, 0.1) is 11.3 Å². The Morgan fingerprint density at radius 2 is 1.94 bits per heavy atom. The number of hydrogen-bond donors (Lipinski definition) is 0. The number of imide groups is 1. The molecule has 1 aliphatic heterocycles. The van der Waals surface area contributed by atoms with E-state index in [4.69, 9.17) is 9.68 Å². The molecule has 0 atom stereocenters. The van der Waals surface area contributed by atoms with Crippen molar-refractivity contribution in [3.05, 3.63) is 62.9 Å². The Morgan fingerprint density at radius 3 is 2.58 bits per heavy atom. The average Bonchev–Trinajstić information content (AvgIpc) is 3.25. The Labute approximate surface area is 192 Å². The second-order valence-corrected chi connectivity index (χ2v) is 10.6. The zero-order chi connectivity index (χ0) is 22.6. The van der Waals surface area contributed by atoms with Gasteiger partial charge in [-0.2, -0.15) is 9.57 Å². The van der Waals surface area contributed by atoms with E-state index in [1.165, 1.54) is 6.08 Å². The number of rotatable bonds is 8. The molecule has 2 heterocycles. The lowest BCUT2D eigenvalue weighted by atomic mass is 10.2. The summed E-state index contributed by atoms with van der Waals surface area (Å²) in [6.07, 6.45) is 2.60. The molecule has 0 unspecified atom stereocenters. The normalized spacial score (nSPS) is 15.8. The summed E-state index contributed by atoms with van der Waals surface area (Å²) in [6, 6.07) is 12.5. The van der Waals surface area contributed by atoms with Crippen molar-refractivity contribution in [2.24, 2.45) is 0 Å². The molecule has 1 aromatic carbocycles. The molecule has 3 rings (SSSR count). The van der Waals surface area contributed by atoms with Crippen LogP contribution in [0.4, 0.5) is 4.79 Å². The van der Waals surface area contributed by atoms with Crippen molar-refractivity contribution in [3.63, 3.8) is 0 Å². The molecule has 162 valence electrons. The van der Waals surface area contributed by atoms with E-state index >= 15 is 0 Å². The first-order chi connectivity index (χ1) is 14.7. The molecule has 1 fully saturated rings. The van der Waals surface area contributed by atoms with Crippen molar-refractivity contribution < 1.29 is 22.4 Å². The van der Waals surface area contributed by atoms with E-state index in [9.17, 15) is 18.0 Å². The molecule has 2 amide bonds. The van der Waals surface area contributed by atoms with E-state index in [2.05, 4.69) is 15.9 Å². The highest BCUT2D eigenvalue weighted by Crippen LogP contribution is 2.33. The van der Waals surface area contributed by atoms with Crippen molar-refractivity contribution in [3.8, 4) is 6.07 Å². The number of benzene rings is 1. The highest BCUT2D eigenvalue weighted by molar-refractivity contribution is 9.10. The van der Waals surface area contributed by atoms with Crippen LogP contribution < -0.4 is 0 Å². The molecule has 2 aromatic rings. The van der Waals surface area contributed by atoms with Gasteiger partial charge in [0, 0.05) is 23.5 Å². The van der Waals surface area contributed by atoms with Crippen LogP contribution in [-0.2, 0) is 27.9 Å². The maximum Gasteiger partial charge on any atom is 0.293 e. The topological polar surface area (TPSA) is 112 Å². The Morgan fingerprint density at radius 1 is 1.23 bits per heavy atom. The summed E-state index contributed by atoms with van der Waals surface area (Å²) in [5.41, 5.74) is 0.824. The number of halogens is 1. The third-order valence-electron chi connectivity index (χ3n) is 4.36. The number of carbonyl (C=O) groups is 2. The first kappa shape index (κ1) is 23.3. The van der Waals surface area contributed by atoms with Gasteiger partial charge in [-0.1, -0.05) is 28.1 Å². The number of amides is 2. The van der Waals surface area contributed by atoms with Crippen molar-refractivity contribution >= 4 is 54.9 Å². The number of nitriles is 1. The van der Waals surface area contributed by atoms with Gasteiger partial charge in [-0.15, -0.1) is 0 Å². The van der Waals surface area contributed by atoms with Crippen LogP contribution in [-0.4, -0.2) is 41.6 Å². The van der Waals surface area contributed by atoms with Gasteiger partial charge in [0.05, 0.1) is 30.3 Å². The molecule has 1 aromatic heterocycles. The second kappa shape index (κ2) is 9.82. The summed E-state index contributed by atoms with van der Waals surface area (Å²) >= 11 is 4.17. The summed E-state index contributed by atoms with van der Waals surface area (Å²) in [6.45, 7) is 0.195. The zero-order valence-corrected chi connectivity index (χ0v) is 19.7. The van der Waals surface area contributed by atoms with Gasteiger partial charge >= 0.3 is 0 Å². The van der Waals surface area contributed by atoms with E-state index < -0.39 is 15.9 Å². The maximum atomic E-state index is 12.7. The van der Waals surface area contributed by atoms with Gasteiger partial charge in [0.15, 0.2) is 0 Å². The quantitative estimate of drug-likeness (QED) is 0.481. The summed E-state index contributed by atoms with van der Waals surface area (Å²) in [7, 11) is -3.51. The number of nitrogens with zero attached hydrogens (tertiary/aromatic N) is 3. The van der Waals surface area contributed by atoms with E-state index in [-0.39, 0.29) is 36.2 Å². The second-order valence-electron chi connectivity index (χ2n) is 6.70. The first-order valence-corrected chi connectivity index (χ1v) is 12.5. The fourth-order valence-corrected chi connectivity index (χ4v) is 4.67. The van der Waals surface area contributed by atoms with Crippen molar-refractivity contribution in [2.75, 3.05) is 12.8 Å². The smallest absolute Gasteiger partial charge is 0.293 e. The Hall–Kier alpha value is -2.39. The van der Waals surface area contributed by atoms with E-state index in [1.807, 2.05) is 30.3 Å². The standard InChI is InChI=1S/C20H18BrN3O5S2/c1-31(27,28)23(10-2-9-22)13-17-8-7-16(29-17)11-18-19(25)24(20(26)30-18)12-14-3-5-15(21)6-4-14/h3-8,11H,2,10,12-13H2,1H3/b18-11-. The van der Waals surface area contributed by atoms with Crippen LogP contribution >= 0.6 is 27.7 Å².